The number of hydrogen-bond donors (Lipinski definition) is 2. The molecule has 0 spiro atoms. The zero-order chi connectivity index (χ0) is 20.6. The number of halogens is 3. The second-order valence-corrected chi connectivity index (χ2v) is 6.47. The van der Waals surface area contributed by atoms with Crippen molar-refractivity contribution in [3.8, 4) is 11.8 Å². The van der Waals surface area contributed by atoms with Crippen molar-refractivity contribution in [3.63, 3.8) is 0 Å². The fourth-order valence-corrected chi connectivity index (χ4v) is 2.54. The number of aryl methyl sites for hydroxylation is 2. The van der Waals surface area contributed by atoms with Gasteiger partial charge < -0.3 is 10.4 Å². The van der Waals surface area contributed by atoms with Gasteiger partial charge in [-0.25, -0.2) is 0 Å². The van der Waals surface area contributed by atoms with E-state index in [1.807, 2.05) is 6.92 Å². The molecule has 0 aliphatic rings. The zero-order valence-electron chi connectivity index (χ0n) is 15.5. The van der Waals surface area contributed by atoms with Crippen LogP contribution in [0, 0.1) is 18.8 Å². The Morgan fingerprint density at radius 3 is 2.57 bits per heavy atom. The molecule has 28 heavy (non-hydrogen) atoms. The van der Waals surface area contributed by atoms with Crippen molar-refractivity contribution in [2.24, 2.45) is 0 Å². The van der Waals surface area contributed by atoms with Gasteiger partial charge in [0.05, 0.1) is 6.10 Å². The molecule has 2 N–H and O–H groups in total. The lowest BCUT2D eigenvalue weighted by atomic mass is 10.0. The minimum Gasteiger partial charge on any atom is -0.388 e. The van der Waals surface area contributed by atoms with Crippen LogP contribution in [0.15, 0.2) is 48.5 Å². The van der Waals surface area contributed by atoms with Crippen molar-refractivity contribution in [1.29, 1.82) is 0 Å². The summed E-state index contributed by atoms with van der Waals surface area (Å²) in [5.41, 5.74) is 3.69. The average molecular weight is 389 g/mol. The number of carbonyl (C=O) groups is 1. The molecule has 3 nitrogen and oxygen atoms in total. The van der Waals surface area contributed by atoms with Crippen LogP contribution in [0.5, 0.6) is 0 Å². The molecule has 0 saturated carbocycles. The van der Waals surface area contributed by atoms with Crippen LogP contribution in [0.25, 0.3) is 0 Å². The van der Waals surface area contributed by atoms with Crippen LogP contribution in [-0.2, 0) is 11.2 Å². The summed E-state index contributed by atoms with van der Waals surface area (Å²) in [5, 5.41) is 11.9. The number of aliphatic hydroxyl groups is 1. The summed E-state index contributed by atoms with van der Waals surface area (Å²) in [7, 11) is 0. The fourth-order valence-electron chi connectivity index (χ4n) is 2.54. The topological polar surface area (TPSA) is 49.3 Å². The van der Waals surface area contributed by atoms with Crippen molar-refractivity contribution in [2.45, 2.75) is 38.5 Å². The van der Waals surface area contributed by atoms with Gasteiger partial charge in [0, 0.05) is 18.5 Å². The van der Waals surface area contributed by atoms with Crippen LogP contribution in [0.4, 0.5) is 13.2 Å². The van der Waals surface area contributed by atoms with Crippen LogP contribution in [0.2, 0.25) is 0 Å². The summed E-state index contributed by atoms with van der Waals surface area (Å²) >= 11 is 0. The molecule has 6 heteroatoms. The number of amides is 1. The number of carbonyl (C=O) groups excluding carboxylic acids is 1. The smallest absolute Gasteiger partial charge is 0.388 e. The van der Waals surface area contributed by atoms with Crippen LogP contribution < -0.4 is 5.32 Å². The Balaban J connectivity index is 1.85. The quantitative estimate of drug-likeness (QED) is 0.732. The van der Waals surface area contributed by atoms with Crippen molar-refractivity contribution in [3.05, 3.63) is 70.8 Å². The maximum atomic E-state index is 12.1. The molecule has 0 fully saturated rings. The van der Waals surface area contributed by atoms with Crippen LogP contribution >= 0.6 is 0 Å². The van der Waals surface area contributed by atoms with E-state index in [2.05, 4.69) is 36.1 Å². The highest BCUT2D eigenvalue weighted by Crippen LogP contribution is 2.18. The van der Waals surface area contributed by atoms with E-state index in [0.29, 0.717) is 12.0 Å². The first-order chi connectivity index (χ1) is 13.3. The SMILES string of the molecule is Cc1ccc(CCC#Cc2cccc(C(O)CCNC(=O)C(F)(F)F)c2)cc1. The number of nitrogens with one attached hydrogen (secondary N) is 1. The van der Waals surface area contributed by atoms with Gasteiger partial charge in [0.1, 0.15) is 0 Å². The third-order valence-corrected chi connectivity index (χ3v) is 4.12. The Bertz CT molecular complexity index is 849. The molecule has 0 aliphatic heterocycles. The first kappa shape index (κ1) is 21.5. The van der Waals surface area contributed by atoms with E-state index in [1.54, 1.807) is 29.6 Å². The molecule has 0 saturated heterocycles. The van der Waals surface area contributed by atoms with Gasteiger partial charge in [-0.15, -0.1) is 0 Å². The molecule has 0 radical (unpaired) electrons. The second kappa shape index (κ2) is 9.95. The summed E-state index contributed by atoms with van der Waals surface area (Å²) in [6, 6.07) is 15.2. The number of alkyl halides is 3. The predicted octanol–water partition coefficient (Wildman–Crippen LogP) is 4.08. The molecule has 1 atom stereocenters. The number of hydrogen-bond acceptors (Lipinski definition) is 2. The van der Waals surface area contributed by atoms with Crippen LogP contribution in [0.3, 0.4) is 0 Å². The monoisotopic (exact) mass is 389 g/mol. The van der Waals surface area contributed by atoms with E-state index >= 15 is 0 Å². The lowest BCUT2D eigenvalue weighted by Crippen LogP contribution is -2.37. The summed E-state index contributed by atoms with van der Waals surface area (Å²) in [6.45, 7) is 1.77. The molecule has 148 valence electrons. The lowest BCUT2D eigenvalue weighted by Gasteiger charge is -2.13. The summed E-state index contributed by atoms with van der Waals surface area (Å²) in [5.74, 6) is 4.12. The van der Waals surface area contributed by atoms with Crippen LogP contribution in [0.1, 0.15) is 41.2 Å². The van der Waals surface area contributed by atoms with E-state index in [1.165, 1.54) is 11.1 Å². The van der Waals surface area contributed by atoms with Gasteiger partial charge in [0.15, 0.2) is 0 Å². The Labute approximate surface area is 162 Å². The van der Waals surface area contributed by atoms with Crippen molar-refractivity contribution < 1.29 is 23.1 Å². The van der Waals surface area contributed by atoms with Gasteiger partial charge in [-0.3, -0.25) is 4.79 Å². The highest BCUT2D eigenvalue weighted by molar-refractivity contribution is 5.81. The first-order valence-corrected chi connectivity index (χ1v) is 8.93. The summed E-state index contributed by atoms with van der Waals surface area (Å²) in [6.07, 6.45) is -4.39. The van der Waals surface area contributed by atoms with E-state index in [9.17, 15) is 23.1 Å². The average Bonchev–Trinajstić information content (AvgIpc) is 2.66. The molecule has 0 heterocycles. The molecular formula is C22H22F3NO2. The van der Waals surface area contributed by atoms with Gasteiger partial charge in [-0.1, -0.05) is 53.8 Å². The first-order valence-electron chi connectivity index (χ1n) is 8.93. The highest BCUT2D eigenvalue weighted by atomic mass is 19.4. The maximum absolute atomic E-state index is 12.1. The van der Waals surface area contributed by atoms with E-state index < -0.39 is 18.2 Å². The molecule has 2 rings (SSSR count). The van der Waals surface area contributed by atoms with Gasteiger partial charge in [0.2, 0.25) is 0 Å². The van der Waals surface area contributed by atoms with Gasteiger partial charge in [-0.05, 0) is 43.0 Å². The minimum absolute atomic E-state index is 0.0217. The van der Waals surface area contributed by atoms with Crippen LogP contribution in [-0.4, -0.2) is 23.7 Å². The number of rotatable bonds is 6. The second-order valence-electron chi connectivity index (χ2n) is 6.47. The molecule has 1 unspecified atom stereocenters. The molecule has 0 aliphatic carbocycles. The number of aliphatic hydroxyl groups excluding tert-OH is 1. The van der Waals surface area contributed by atoms with Gasteiger partial charge in [-0.2, -0.15) is 13.2 Å². The van der Waals surface area contributed by atoms with Gasteiger partial charge >= 0.3 is 12.1 Å². The minimum atomic E-state index is -4.92. The van der Waals surface area contributed by atoms with Crippen molar-refractivity contribution in [1.82, 2.24) is 5.32 Å². The number of benzene rings is 2. The molecule has 2 aromatic carbocycles. The Kier molecular flexibility index (Phi) is 7.65. The third-order valence-electron chi connectivity index (χ3n) is 4.12. The predicted molar refractivity (Wildman–Crippen MR) is 101 cm³/mol. The lowest BCUT2D eigenvalue weighted by molar-refractivity contribution is -0.173. The standard InChI is InChI=1S/C22H22F3NO2/c1-16-9-11-17(12-10-16)5-2-3-6-18-7-4-8-19(15-18)20(27)13-14-26-21(28)22(23,24)25/h4,7-12,15,20,27H,2,5,13-14H2,1H3,(H,26,28). The van der Waals surface area contributed by atoms with E-state index in [0.717, 1.165) is 12.0 Å². The largest absolute Gasteiger partial charge is 0.471 e. The summed E-state index contributed by atoms with van der Waals surface area (Å²) in [4.78, 5) is 10.8. The fraction of sp³-hybridized carbons (Fsp3) is 0.318. The Morgan fingerprint density at radius 2 is 1.89 bits per heavy atom. The Morgan fingerprint density at radius 1 is 1.18 bits per heavy atom. The van der Waals surface area contributed by atoms with E-state index in [4.69, 9.17) is 0 Å². The zero-order valence-corrected chi connectivity index (χ0v) is 15.5. The van der Waals surface area contributed by atoms with Crippen molar-refractivity contribution >= 4 is 5.91 Å². The Hall–Kier alpha value is -2.78. The normalized spacial score (nSPS) is 12.0. The molecule has 0 bridgehead atoms. The third kappa shape index (κ3) is 7.09. The van der Waals surface area contributed by atoms with Gasteiger partial charge in [0.25, 0.3) is 0 Å². The summed E-state index contributed by atoms with van der Waals surface area (Å²) < 4.78 is 36.4. The molecule has 1 amide bonds. The maximum Gasteiger partial charge on any atom is 0.471 e. The molecule has 0 aromatic heterocycles. The van der Waals surface area contributed by atoms with Crippen molar-refractivity contribution in [2.75, 3.05) is 6.54 Å². The highest BCUT2D eigenvalue weighted by Gasteiger charge is 2.38. The van der Waals surface area contributed by atoms with E-state index in [-0.39, 0.29) is 13.0 Å². The molecule has 2 aromatic rings. The molecular weight excluding hydrogens is 367 g/mol.